The van der Waals surface area contributed by atoms with Crippen molar-refractivity contribution >= 4 is 0 Å². The first kappa shape index (κ1) is 10.3. The number of nitrogens with zero attached hydrogens (tertiary/aromatic N) is 3. The van der Waals surface area contributed by atoms with Gasteiger partial charge in [0.15, 0.2) is 5.82 Å². The molecule has 0 aromatic carbocycles. The molecule has 2 aliphatic rings. The molecule has 1 aliphatic carbocycles. The van der Waals surface area contributed by atoms with Gasteiger partial charge in [-0.25, -0.2) is 4.98 Å². The van der Waals surface area contributed by atoms with Crippen molar-refractivity contribution in [2.45, 2.75) is 50.5 Å². The van der Waals surface area contributed by atoms with E-state index in [1.165, 1.54) is 44.3 Å². The second-order valence-corrected chi connectivity index (χ2v) is 5.08. The van der Waals surface area contributed by atoms with E-state index in [0.29, 0.717) is 12.0 Å². The van der Waals surface area contributed by atoms with Crippen LogP contribution >= 0.6 is 0 Å². The van der Waals surface area contributed by atoms with E-state index in [1.807, 2.05) is 11.7 Å². The molecule has 0 spiro atoms. The summed E-state index contributed by atoms with van der Waals surface area (Å²) in [5.74, 6) is 2.90. The van der Waals surface area contributed by atoms with Gasteiger partial charge in [0.2, 0.25) is 0 Å². The summed E-state index contributed by atoms with van der Waals surface area (Å²) in [4.78, 5) is 4.74. The molecule has 1 aromatic rings. The first-order valence-electron chi connectivity index (χ1n) is 6.49. The van der Waals surface area contributed by atoms with Crippen LogP contribution in [-0.4, -0.2) is 21.3 Å². The minimum atomic E-state index is 0.397. The predicted octanol–water partition coefficient (Wildman–Crippen LogP) is 1.90. The van der Waals surface area contributed by atoms with Gasteiger partial charge in [0, 0.05) is 13.0 Å². The summed E-state index contributed by atoms with van der Waals surface area (Å²) in [6.07, 6.45) is 7.73. The third-order valence-electron chi connectivity index (χ3n) is 3.91. The van der Waals surface area contributed by atoms with Gasteiger partial charge in [0.1, 0.15) is 5.82 Å². The Kier molecular flexibility index (Phi) is 2.67. The summed E-state index contributed by atoms with van der Waals surface area (Å²) in [6, 6.07) is 0.397. The Labute approximate surface area is 96.4 Å². The van der Waals surface area contributed by atoms with E-state index in [2.05, 4.69) is 10.4 Å². The molecule has 1 saturated heterocycles. The first-order valence-corrected chi connectivity index (χ1v) is 6.49. The fourth-order valence-electron chi connectivity index (χ4n) is 2.66. The molecule has 16 heavy (non-hydrogen) atoms. The van der Waals surface area contributed by atoms with E-state index in [-0.39, 0.29) is 0 Å². The Hall–Kier alpha value is -0.900. The van der Waals surface area contributed by atoms with Crippen molar-refractivity contribution in [3.63, 3.8) is 0 Å². The molecular weight excluding hydrogens is 200 g/mol. The fraction of sp³-hybridized carbons (Fsp3) is 0.833. The topological polar surface area (TPSA) is 42.7 Å². The lowest BCUT2D eigenvalue weighted by Gasteiger charge is -2.23. The van der Waals surface area contributed by atoms with E-state index in [1.54, 1.807) is 0 Å². The molecule has 1 atom stereocenters. The molecule has 88 valence electrons. The smallest absolute Gasteiger partial charge is 0.167 e. The minimum Gasteiger partial charge on any atom is -0.307 e. The average Bonchev–Trinajstić information content (AvgIpc) is 2.60. The van der Waals surface area contributed by atoms with Gasteiger partial charge in [-0.1, -0.05) is 12.8 Å². The van der Waals surface area contributed by atoms with Crippen LogP contribution in [0.15, 0.2) is 0 Å². The fourth-order valence-corrected chi connectivity index (χ4v) is 2.66. The zero-order valence-electron chi connectivity index (χ0n) is 9.95. The molecule has 3 rings (SSSR count). The summed E-state index contributed by atoms with van der Waals surface area (Å²) >= 11 is 0. The van der Waals surface area contributed by atoms with E-state index < -0.39 is 0 Å². The molecule has 1 aromatic heterocycles. The number of aryl methyl sites for hydroxylation is 1. The van der Waals surface area contributed by atoms with Gasteiger partial charge in [-0.15, -0.1) is 0 Å². The SMILES string of the molecule is Cn1nc(C2CCCCN2)nc1C1CCC1. The molecule has 0 amide bonds. The van der Waals surface area contributed by atoms with Crippen molar-refractivity contribution in [1.82, 2.24) is 20.1 Å². The van der Waals surface area contributed by atoms with Crippen molar-refractivity contribution in [3.05, 3.63) is 11.6 Å². The van der Waals surface area contributed by atoms with Crippen LogP contribution in [0.3, 0.4) is 0 Å². The maximum absolute atomic E-state index is 4.74. The summed E-state index contributed by atoms with van der Waals surface area (Å²) in [5.41, 5.74) is 0. The van der Waals surface area contributed by atoms with E-state index >= 15 is 0 Å². The maximum Gasteiger partial charge on any atom is 0.167 e. The van der Waals surface area contributed by atoms with Crippen LogP contribution in [-0.2, 0) is 7.05 Å². The Morgan fingerprint density at radius 2 is 2.06 bits per heavy atom. The monoisotopic (exact) mass is 220 g/mol. The molecule has 2 heterocycles. The van der Waals surface area contributed by atoms with Gasteiger partial charge in [-0.3, -0.25) is 4.68 Å². The first-order chi connectivity index (χ1) is 7.84. The van der Waals surface area contributed by atoms with Crippen LogP contribution < -0.4 is 5.32 Å². The number of aromatic nitrogens is 3. The second-order valence-electron chi connectivity index (χ2n) is 5.08. The van der Waals surface area contributed by atoms with Crippen molar-refractivity contribution in [3.8, 4) is 0 Å². The lowest BCUT2D eigenvalue weighted by atomic mass is 9.85. The third-order valence-corrected chi connectivity index (χ3v) is 3.91. The maximum atomic E-state index is 4.74. The lowest BCUT2D eigenvalue weighted by molar-refractivity contribution is 0.387. The summed E-state index contributed by atoms with van der Waals surface area (Å²) in [5, 5.41) is 8.09. The second kappa shape index (κ2) is 4.17. The quantitative estimate of drug-likeness (QED) is 0.827. The number of nitrogens with one attached hydrogen (secondary N) is 1. The van der Waals surface area contributed by atoms with Crippen LogP contribution in [0.5, 0.6) is 0 Å². The molecule has 0 radical (unpaired) electrons. The van der Waals surface area contributed by atoms with Crippen molar-refractivity contribution in [2.24, 2.45) is 7.05 Å². The molecule has 0 bridgehead atoms. The highest BCUT2D eigenvalue weighted by Crippen LogP contribution is 2.35. The van der Waals surface area contributed by atoms with Crippen LogP contribution in [0, 0.1) is 0 Å². The molecular formula is C12H20N4. The zero-order chi connectivity index (χ0) is 11.0. The predicted molar refractivity (Wildman–Crippen MR) is 62.2 cm³/mol. The van der Waals surface area contributed by atoms with Crippen molar-refractivity contribution < 1.29 is 0 Å². The highest BCUT2D eigenvalue weighted by atomic mass is 15.3. The highest BCUT2D eigenvalue weighted by molar-refractivity contribution is 5.06. The van der Waals surface area contributed by atoms with E-state index in [0.717, 1.165) is 12.4 Å². The molecule has 1 aliphatic heterocycles. The average molecular weight is 220 g/mol. The Morgan fingerprint density at radius 1 is 1.19 bits per heavy atom. The molecule has 1 N–H and O–H groups in total. The Bertz CT molecular complexity index is 361. The van der Waals surface area contributed by atoms with Gasteiger partial charge >= 0.3 is 0 Å². The number of hydrogen-bond donors (Lipinski definition) is 1. The van der Waals surface area contributed by atoms with Gasteiger partial charge in [0.25, 0.3) is 0 Å². The number of hydrogen-bond acceptors (Lipinski definition) is 3. The third kappa shape index (κ3) is 1.75. The van der Waals surface area contributed by atoms with E-state index in [9.17, 15) is 0 Å². The van der Waals surface area contributed by atoms with Crippen LogP contribution in [0.4, 0.5) is 0 Å². The largest absolute Gasteiger partial charge is 0.307 e. The van der Waals surface area contributed by atoms with Crippen molar-refractivity contribution in [2.75, 3.05) is 6.54 Å². The number of rotatable bonds is 2. The van der Waals surface area contributed by atoms with Crippen LogP contribution in [0.25, 0.3) is 0 Å². The molecule has 4 heteroatoms. The lowest BCUT2D eigenvalue weighted by Crippen LogP contribution is -2.27. The highest BCUT2D eigenvalue weighted by Gasteiger charge is 2.27. The van der Waals surface area contributed by atoms with Gasteiger partial charge in [-0.2, -0.15) is 5.10 Å². The van der Waals surface area contributed by atoms with Crippen LogP contribution in [0.2, 0.25) is 0 Å². The molecule has 4 nitrogen and oxygen atoms in total. The Morgan fingerprint density at radius 3 is 2.69 bits per heavy atom. The normalized spacial score (nSPS) is 26.7. The van der Waals surface area contributed by atoms with E-state index in [4.69, 9.17) is 4.98 Å². The summed E-state index contributed by atoms with van der Waals surface area (Å²) < 4.78 is 2.00. The standard InChI is InChI=1S/C12H20N4/c1-16-12(9-5-4-6-9)14-11(15-16)10-7-2-3-8-13-10/h9-10,13H,2-8H2,1H3. The molecule has 1 unspecified atom stereocenters. The van der Waals surface area contributed by atoms with Gasteiger partial charge < -0.3 is 5.32 Å². The molecule has 2 fully saturated rings. The zero-order valence-corrected chi connectivity index (χ0v) is 9.95. The van der Waals surface area contributed by atoms with Gasteiger partial charge in [-0.05, 0) is 32.2 Å². The number of piperidine rings is 1. The molecule has 1 saturated carbocycles. The summed E-state index contributed by atoms with van der Waals surface area (Å²) in [6.45, 7) is 1.11. The van der Waals surface area contributed by atoms with Crippen molar-refractivity contribution in [1.29, 1.82) is 0 Å². The minimum absolute atomic E-state index is 0.397. The van der Waals surface area contributed by atoms with Gasteiger partial charge in [0.05, 0.1) is 6.04 Å². The summed E-state index contributed by atoms with van der Waals surface area (Å²) in [7, 11) is 2.03. The van der Waals surface area contributed by atoms with Crippen LogP contribution in [0.1, 0.15) is 62.1 Å². The Balaban J connectivity index is 1.79.